The molecule has 0 aromatic heterocycles. The molecule has 1 unspecified atom stereocenters. The van der Waals surface area contributed by atoms with E-state index in [-0.39, 0.29) is 18.5 Å². The van der Waals surface area contributed by atoms with Crippen molar-refractivity contribution in [1.29, 1.82) is 0 Å². The van der Waals surface area contributed by atoms with Crippen LogP contribution in [0.5, 0.6) is 0 Å². The lowest BCUT2D eigenvalue weighted by Crippen LogP contribution is -2.14. The molecule has 0 bridgehead atoms. The molecule has 100 valence electrons. The van der Waals surface area contributed by atoms with Gasteiger partial charge in [0.05, 0.1) is 12.7 Å². The summed E-state index contributed by atoms with van der Waals surface area (Å²) >= 11 is 0. The Morgan fingerprint density at radius 1 is 1.56 bits per heavy atom. The van der Waals surface area contributed by atoms with E-state index in [9.17, 15) is 4.39 Å². The average molecular weight is 254 g/mol. The smallest absolute Gasteiger partial charge is 0.170 e. The lowest BCUT2D eigenvalue weighted by molar-refractivity contribution is 0.0456. The molecule has 1 atom stereocenters. The van der Waals surface area contributed by atoms with E-state index in [2.05, 4.69) is 12.1 Å². The Morgan fingerprint density at radius 2 is 2.28 bits per heavy atom. The lowest BCUT2D eigenvalue weighted by Gasteiger charge is -2.12. The Balaban J connectivity index is 2.68. The highest BCUT2D eigenvalue weighted by molar-refractivity contribution is 5.97. The van der Waals surface area contributed by atoms with Gasteiger partial charge >= 0.3 is 0 Å². The van der Waals surface area contributed by atoms with Crippen molar-refractivity contribution >= 4 is 5.84 Å². The van der Waals surface area contributed by atoms with Crippen LogP contribution >= 0.6 is 0 Å². The van der Waals surface area contributed by atoms with Gasteiger partial charge in [0.25, 0.3) is 0 Å². The molecule has 1 aromatic carbocycles. The number of hydrogen-bond acceptors (Lipinski definition) is 3. The number of hydrogen-bond donors (Lipinski definition) is 2. The number of rotatable bonds is 6. The number of nitrogens with zero attached hydrogens (tertiary/aromatic N) is 1. The van der Waals surface area contributed by atoms with Gasteiger partial charge in [-0.05, 0) is 19.4 Å². The first-order chi connectivity index (χ1) is 8.58. The van der Waals surface area contributed by atoms with Crippen molar-refractivity contribution < 1.29 is 14.3 Å². The Kier molecular flexibility index (Phi) is 5.58. The highest BCUT2D eigenvalue weighted by Crippen LogP contribution is 2.13. The van der Waals surface area contributed by atoms with Gasteiger partial charge in [0, 0.05) is 11.1 Å². The molecule has 0 fully saturated rings. The molecule has 1 aromatic rings. The van der Waals surface area contributed by atoms with E-state index in [1.807, 2.05) is 6.92 Å². The summed E-state index contributed by atoms with van der Waals surface area (Å²) in [5, 5.41) is 11.3. The number of ether oxygens (including phenoxy) is 1. The molecule has 0 heterocycles. The molecule has 0 aliphatic heterocycles. The molecule has 0 saturated carbocycles. The van der Waals surface area contributed by atoms with Crippen molar-refractivity contribution in [1.82, 2.24) is 0 Å². The molecule has 0 aliphatic rings. The topological polar surface area (TPSA) is 67.8 Å². The monoisotopic (exact) mass is 254 g/mol. The van der Waals surface area contributed by atoms with Crippen molar-refractivity contribution in [2.45, 2.75) is 39.4 Å². The maximum Gasteiger partial charge on any atom is 0.170 e. The van der Waals surface area contributed by atoms with E-state index in [1.165, 1.54) is 6.07 Å². The minimum absolute atomic E-state index is 0.109. The molecule has 0 radical (unpaired) electrons. The molecular formula is C13H19FN2O2. The maximum absolute atomic E-state index is 13.7. The fraction of sp³-hybridized carbons (Fsp3) is 0.462. The van der Waals surface area contributed by atoms with Crippen LogP contribution in [0.4, 0.5) is 4.39 Å². The highest BCUT2D eigenvalue weighted by atomic mass is 19.1. The fourth-order valence-corrected chi connectivity index (χ4v) is 1.60. The third-order valence-corrected chi connectivity index (χ3v) is 2.68. The van der Waals surface area contributed by atoms with Crippen LogP contribution in [0.15, 0.2) is 23.4 Å². The molecule has 1 rings (SSSR count). The quantitative estimate of drug-likeness (QED) is 0.355. The van der Waals surface area contributed by atoms with Crippen LogP contribution in [0.25, 0.3) is 0 Å². The number of nitrogens with two attached hydrogens (primary N) is 1. The summed E-state index contributed by atoms with van der Waals surface area (Å²) in [5.74, 6) is -0.525. The summed E-state index contributed by atoms with van der Waals surface area (Å²) in [7, 11) is 0. The number of halogens is 1. The van der Waals surface area contributed by atoms with Gasteiger partial charge in [-0.15, -0.1) is 0 Å². The van der Waals surface area contributed by atoms with Crippen molar-refractivity contribution in [3.8, 4) is 0 Å². The molecule has 0 aliphatic carbocycles. The molecule has 0 spiro atoms. The van der Waals surface area contributed by atoms with E-state index >= 15 is 0 Å². The van der Waals surface area contributed by atoms with Crippen molar-refractivity contribution in [3.63, 3.8) is 0 Å². The third-order valence-electron chi connectivity index (χ3n) is 2.68. The molecule has 18 heavy (non-hydrogen) atoms. The summed E-state index contributed by atoms with van der Waals surface area (Å²) in [6.07, 6.45) is 2.09. The van der Waals surface area contributed by atoms with Gasteiger partial charge in [0.2, 0.25) is 0 Å². The summed E-state index contributed by atoms with van der Waals surface area (Å²) < 4.78 is 19.2. The van der Waals surface area contributed by atoms with Gasteiger partial charge in [-0.2, -0.15) is 0 Å². The third kappa shape index (κ3) is 4.00. The zero-order valence-electron chi connectivity index (χ0n) is 10.7. The largest absolute Gasteiger partial charge is 0.409 e. The Labute approximate surface area is 106 Å². The molecule has 3 N–H and O–H groups in total. The van der Waals surface area contributed by atoms with Crippen LogP contribution < -0.4 is 5.73 Å². The van der Waals surface area contributed by atoms with Gasteiger partial charge in [0.15, 0.2) is 5.84 Å². The van der Waals surface area contributed by atoms with Crippen molar-refractivity contribution in [2.24, 2.45) is 10.9 Å². The summed E-state index contributed by atoms with van der Waals surface area (Å²) in [4.78, 5) is 0. The van der Waals surface area contributed by atoms with Crippen LogP contribution in [0.3, 0.4) is 0 Å². The first kappa shape index (κ1) is 14.4. The van der Waals surface area contributed by atoms with E-state index in [0.717, 1.165) is 12.8 Å². The zero-order valence-corrected chi connectivity index (χ0v) is 10.7. The first-order valence-corrected chi connectivity index (χ1v) is 5.96. The minimum atomic E-state index is -0.414. The van der Waals surface area contributed by atoms with Crippen molar-refractivity contribution in [2.75, 3.05) is 0 Å². The van der Waals surface area contributed by atoms with E-state index < -0.39 is 5.82 Å². The molecule has 0 saturated heterocycles. The van der Waals surface area contributed by atoms with Gasteiger partial charge in [0.1, 0.15) is 5.82 Å². The molecule has 4 nitrogen and oxygen atoms in total. The zero-order chi connectivity index (χ0) is 13.5. The van der Waals surface area contributed by atoms with Crippen LogP contribution in [-0.2, 0) is 11.3 Å². The minimum Gasteiger partial charge on any atom is -0.409 e. The lowest BCUT2D eigenvalue weighted by atomic mass is 10.1. The average Bonchev–Trinajstić information content (AvgIpc) is 2.36. The predicted octanol–water partition coefficient (Wildman–Crippen LogP) is 2.63. The van der Waals surface area contributed by atoms with Gasteiger partial charge in [-0.3, -0.25) is 0 Å². The van der Waals surface area contributed by atoms with Crippen LogP contribution in [0.1, 0.15) is 37.8 Å². The normalized spacial score (nSPS) is 13.6. The van der Waals surface area contributed by atoms with E-state index in [0.29, 0.717) is 11.1 Å². The number of benzene rings is 1. The van der Waals surface area contributed by atoms with Gasteiger partial charge in [-0.25, -0.2) is 4.39 Å². The van der Waals surface area contributed by atoms with Crippen molar-refractivity contribution in [3.05, 3.63) is 35.1 Å². The van der Waals surface area contributed by atoms with E-state index in [1.54, 1.807) is 12.1 Å². The SMILES string of the molecule is CCCC(C)OCc1ccc(/C(N)=N/O)cc1F. The standard InChI is InChI=1S/C13H19FN2O2/c1-3-4-9(2)18-8-11-6-5-10(7-12(11)14)13(15)16-17/h5-7,9,17H,3-4,8H2,1-2H3,(H2,15,16). The van der Waals surface area contributed by atoms with Gasteiger partial charge < -0.3 is 15.7 Å². The summed E-state index contributed by atoms with van der Waals surface area (Å²) in [5.41, 5.74) is 6.19. The summed E-state index contributed by atoms with van der Waals surface area (Å²) in [6.45, 7) is 4.27. The van der Waals surface area contributed by atoms with Crippen LogP contribution in [-0.4, -0.2) is 17.1 Å². The van der Waals surface area contributed by atoms with Crippen LogP contribution in [0.2, 0.25) is 0 Å². The number of oxime groups is 1. The van der Waals surface area contributed by atoms with E-state index in [4.69, 9.17) is 15.7 Å². The second-order valence-corrected chi connectivity index (χ2v) is 4.20. The summed E-state index contributed by atoms with van der Waals surface area (Å²) in [6, 6.07) is 4.42. The van der Waals surface area contributed by atoms with Crippen LogP contribution in [0, 0.1) is 5.82 Å². The molecule has 5 heteroatoms. The molecule has 0 amide bonds. The Hall–Kier alpha value is -1.62. The van der Waals surface area contributed by atoms with Gasteiger partial charge in [-0.1, -0.05) is 30.6 Å². The fourth-order valence-electron chi connectivity index (χ4n) is 1.60. The second-order valence-electron chi connectivity index (χ2n) is 4.20. The number of amidine groups is 1. The Bertz CT molecular complexity index is 421. The Morgan fingerprint density at radius 3 is 2.83 bits per heavy atom. The maximum atomic E-state index is 13.7. The molecular weight excluding hydrogens is 235 g/mol. The highest BCUT2D eigenvalue weighted by Gasteiger charge is 2.08. The predicted molar refractivity (Wildman–Crippen MR) is 68.1 cm³/mol. The first-order valence-electron chi connectivity index (χ1n) is 5.96. The second kappa shape index (κ2) is 6.96.